The summed E-state index contributed by atoms with van der Waals surface area (Å²) in [7, 11) is 0. The summed E-state index contributed by atoms with van der Waals surface area (Å²) in [4.78, 5) is 16.6. The second-order valence-electron chi connectivity index (χ2n) is 5.63. The number of carbonyl (C=O) groups is 1. The van der Waals surface area contributed by atoms with Crippen LogP contribution in [0.3, 0.4) is 0 Å². The van der Waals surface area contributed by atoms with Crippen LogP contribution in [0.2, 0.25) is 0 Å². The van der Waals surface area contributed by atoms with E-state index in [9.17, 15) is 4.79 Å². The molecule has 112 valence electrons. The second kappa shape index (κ2) is 7.74. The number of unbranched alkanes of at least 4 members (excludes halogenated alkanes) is 1. The number of carbonyl (C=O) groups excluding carboxylic acids is 1. The van der Waals surface area contributed by atoms with Crippen LogP contribution in [0.5, 0.6) is 0 Å². The van der Waals surface area contributed by atoms with Crippen LogP contribution < -0.4 is 11.1 Å². The molecule has 4 nitrogen and oxygen atoms in total. The molecule has 1 aliphatic carbocycles. The number of hydrogen-bond donors (Lipinski definition) is 2. The number of amides is 1. The van der Waals surface area contributed by atoms with Crippen LogP contribution in [0, 0.1) is 0 Å². The minimum atomic E-state index is -0.0397. The quantitative estimate of drug-likeness (QED) is 0.845. The highest BCUT2D eigenvalue weighted by Gasteiger charge is 2.19. The van der Waals surface area contributed by atoms with Gasteiger partial charge in [-0.05, 0) is 19.3 Å². The number of aromatic nitrogens is 1. The Labute approximate surface area is 125 Å². The van der Waals surface area contributed by atoms with Crippen molar-refractivity contribution in [3.63, 3.8) is 0 Å². The molecular weight excluding hydrogens is 270 g/mol. The first-order chi connectivity index (χ1) is 9.70. The Morgan fingerprint density at radius 3 is 2.95 bits per heavy atom. The van der Waals surface area contributed by atoms with E-state index in [1.54, 1.807) is 0 Å². The molecule has 1 aromatic heterocycles. The zero-order valence-corrected chi connectivity index (χ0v) is 13.0. The molecule has 0 bridgehead atoms. The second-order valence-corrected chi connectivity index (χ2v) is 6.52. The summed E-state index contributed by atoms with van der Waals surface area (Å²) in [6.07, 6.45) is 9.09. The highest BCUT2D eigenvalue weighted by molar-refractivity contribution is 7.09. The van der Waals surface area contributed by atoms with E-state index in [4.69, 9.17) is 5.73 Å². The largest absolute Gasteiger partial charge is 0.348 e. The van der Waals surface area contributed by atoms with Gasteiger partial charge in [0.25, 0.3) is 5.91 Å². The van der Waals surface area contributed by atoms with Crippen LogP contribution in [0.25, 0.3) is 0 Å². The van der Waals surface area contributed by atoms with Crippen molar-refractivity contribution in [2.75, 3.05) is 0 Å². The van der Waals surface area contributed by atoms with Crippen LogP contribution in [0.4, 0.5) is 0 Å². The summed E-state index contributed by atoms with van der Waals surface area (Å²) in [5, 5.41) is 5.81. The lowest BCUT2D eigenvalue weighted by atomic mass is 9.95. The molecule has 3 N–H and O–H groups in total. The number of nitrogens with two attached hydrogens (primary N) is 1. The Morgan fingerprint density at radius 2 is 2.25 bits per heavy atom. The normalized spacial score (nSPS) is 17.9. The summed E-state index contributed by atoms with van der Waals surface area (Å²) in [6.45, 7) is 2.15. The Morgan fingerprint density at radius 1 is 1.50 bits per heavy atom. The standard InChI is InChI=1S/C15H25N3OS/c1-2-3-9-12(16)15-18-13(10-20-15)14(19)17-11-7-5-4-6-8-11/h10-12H,2-9,16H2,1H3,(H,17,19). The van der Waals surface area contributed by atoms with Gasteiger partial charge >= 0.3 is 0 Å². The Hall–Kier alpha value is -0.940. The SMILES string of the molecule is CCCCC(N)c1nc(C(=O)NC2CCCCC2)cs1. The minimum Gasteiger partial charge on any atom is -0.348 e. The lowest BCUT2D eigenvalue weighted by Crippen LogP contribution is -2.36. The van der Waals surface area contributed by atoms with Crippen LogP contribution in [0.1, 0.15) is 79.8 Å². The van der Waals surface area contributed by atoms with E-state index < -0.39 is 0 Å². The average molecular weight is 295 g/mol. The first-order valence-electron chi connectivity index (χ1n) is 7.72. The summed E-state index contributed by atoms with van der Waals surface area (Å²) in [5.41, 5.74) is 6.63. The van der Waals surface area contributed by atoms with Gasteiger partial charge in [-0.3, -0.25) is 4.79 Å². The van der Waals surface area contributed by atoms with E-state index in [1.165, 1.54) is 30.6 Å². The number of thiazole rings is 1. The fourth-order valence-electron chi connectivity index (χ4n) is 2.62. The van der Waals surface area contributed by atoms with E-state index in [0.717, 1.165) is 37.1 Å². The summed E-state index contributed by atoms with van der Waals surface area (Å²) in [6, 6.07) is 0.298. The molecule has 1 aromatic rings. The smallest absolute Gasteiger partial charge is 0.270 e. The predicted molar refractivity (Wildman–Crippen MR) is 82.9 cm³/mol. The van der Waals surface area contributed by atoms with Crippen molar-refractivity contribution in [1.29, 1.82) is 0 Å². The third-order valence-electron chi connectivity index (χ3n) is 3.88. The maximum atomic E-state index is 12.2. The van der Waals surface area contributed by atoms with Crippen molar-refractivity contribution in [1.82, 2.24) is 10.3 Å². The van der Waals surface area contributed by atoms with Gasteiger partial charge in [-0.1, -0.05) is 39.0 Å². The fraction of sp³-hybridized carbons (Fsp3) is 0.733. The highest BCUT2D eigenvalue weighted by Crippen LogP contribution is 2.22. The monoisotopic (exact) mass is 295 g/mol. The summed E-state index contributed by atoms with van der Waals surface area (Å²) >= 11 is 1.50. The molecule has 20 heavy (non-hydrogen) atoms. The van der Waals surface area contributed by atoms with Crippen LogP contribution in [-0.4, -0.2) is 16.9 Å². The third-order valence-corrected chi connectivity index (χ3v) is 4.86. The van der Waals surface area contributed by atoms with Crippen molar-refractivity contribution >= 4 is 17.2 Å². The zero-order valence-electron chi connectivity index (χ0n) is 12.2. The molecule has 0 spiro atoms. The molecule has 0 radical (unpaired) electrons. The molecule has 1 heterocycles. The summed E-state index contributed by atoms with van der Waals surface area (Å²) in [5.74, 6) is -0.0397. The first-order valence-corrected chi connectivity index (χ1v) is 8.60. The van der Waals surface area contributed by atoms with E-state index >= 15 is 0 Å². The van der Waals surface area contributed by atoms with E-state index in [-0.39, 0.29) is 11.9 Å². The molecule has 2 rings (SSSR count). The van der Waals surface area contributed by atoms with Crippen LogP contribution in [-0.2, 0) is 0 Å². The summed E-state index contributed by atoms with van der Waals surface area (Å²) < 4.78 is 0. The average Bonchev–Trinajstić information content (AvgIpc) is 2.96. The number of nitrogens with one attached hydrogen (secondary N) is 1. The lowest BCUT2D eigenvalue weighted by molar-refractivity contribution is 0.0923. The molecule has 1 saturated carbocycles. The van der Waals surface area contributed by atoms with Gasteiger partial charge in [0.2, 0.25) is 0 Å². The van der Waals surface area contributed by atoms with Crippen molar-refractivity contribution in [3.05, 3.63) is 16.1 Å². The van der Waals surface area contributed by atoms with Crippen molar-refractivity contribution in [3.8, 4) is 0 Å². The molecule has 1 fully saturated rings. The van der Waals surface area contributed by atoms with Gasteiger partial charge in [-0.25, -0.2) is 4.98 Å². The molecule has 1 atom stereocenters. The fourth-order valence-corrected chi connectivity index (χ4v) is 3.45. The Balaban J connectivity index is 1.88. The number of hydrogen-bond acceptors (Lipinski definition) is 4. The molecule has 1 amide bonds. The van der Waals surface area contributed by atoms with Gasteiger partial charge in [-0.15, -0.1) is 11.3 Å². The van der Waals surface area contributed by atoms with Crippen molar-refractivity contribution in [2.24, 2.45) is 5.73 Å². The molecule has 0 saturated heterocycles. The molecule has 0 aliphatic heterocycles. The Bertz CT molecular complexity index is 427. The van der Waals surface area contributed by atoms with Crippen LogP contribution in [0.15, 0.2) is 5.38 Å². The van der Waals surface area contributed by atoms with Crippen molar-refractivity contribution in [2.45, 2.75) is 70.4 Å². The molecular formula is C15H25N3OS. The van der Waals surface area contributed by atoms with Gasteiger partial charge in [0.1, 0.15) is 10.7 Å². The van der Waals surface area contributed by atoms with Crippen molar-refractivity contribution < 1.29 is 4.79 Å². The maximum Gasteiger partial charge on any atom is 0.270 e. The van der Waals surface area contributed by atoms with Gasteiger partial charge in [0.05, 0.1) is 6.04 Å². The minimum absolute atomic E-state index is 0.0313. The zero-order chi connectivity index (χ0) is 14.4. The van der Waals surface area contributed by atoms with Gasteiger partial charge in [0, 0.05) is 11.4 Å². The van der Waals surface area contributed by atoms with E-state index in [2.05, 4.69) is 17.2 Å². The Kier molecular flexibility index (Phi) is 5.98. The van der Waals surface area contributed by atoms with Gasteiger partial charge in [0.15, 0.2) is 0 Å². The molecule has 5 heteroatoms. The number of nitrogens with zero attached hydrogens (tertiary/aromatic N) is 1. The number of rotatable bonds is 6. The third kappa shape index (κ3) is 4.28. The molecule has 0 aromatic carbocycles. The van der Waals surface area contributed by atoms with E-state index in [0.29, 0.717) is 11.7 Å². The van der Waals surface area contributed by atoms with Crippen LogP contribution >= 0.6 is 11.3 Å². The molecule has 1 aliphatic rings. The van der Waals surface area contributed by atoms with Gasteiger partial charge in [-0.2, -0.15) is 0 Å². The predicted octanol–water partition coefficient (Wildman–Crippen LogP) is 3.40. The lowest BCUT2D eigenvalue weighted by Gasteiger charge is -2.22. The molecule has 1 unspecified atom stereocenters. The van der Waals surface area contributed by atoms with E-state index in [1.807, 2.05) is 5.38 Å². The maximum absolute atomic E-state index is 12.2. The topological polar surface area (TPSA) is 68.0 Å². The van der Waals surface area contributed by atoms with Gasteiger partial charge < -0.3 is 11.1 Å². The highest BCUT2D eigenvalue weighted by atomic mass is 32.1. The first kappa shape index (κ1) is 15.4.